The maximum atomic E-state index is 10.5. The first-order valence-electron chi connectivity index (χ1n) is 4.66. The third kappa shape index (κ3) is 2.49. The van der Waals surface area contributed by atoms with Gasteiger partial charge >= 0.3 is 0 Å². The SMILES string of the molecule is CCCC1CC(O)C(O)C(C=O)O1. The summed E-state index contributed by atoms with van der Waals surface area (Å²) >= 11 is 0. The minimum absolute atomic E-state index is 0.0985. The molecule has 0 saturated carbocycles. The zero-order valence-electron chi connectivity index (χ0n) is 7.72. The number of carbonyl (C=O) groups is 1. The maximum Gasteiger partial charge on any atom is 0.151 e. The fraction of sp³-hybridized carbons (Fsp3) is 0.889. The Morgan fingerprint density at radius 3 is 2.77 bits per heavy atom. The molecule has 1 aliphatic heterocycles. The normalized spacial score (nSPS) is 40.2. The van der Waals surface area contributed by atoms with E-state index in [4.69, 9.17) is 4.74 Å². The third-order valence-electron chi connectivity index (χ3n) is 2.33. The van der Waals surface area contributed by atoms with Crippen molar-refractivity contribution in [3.63, 3.8) is 0 Å². The molecular formula is C9H16O4. The Kier molecular flexibility index (Phi) is 3.84. The smallest absolute Gasteiger partial charge is 0.151 e. The van der Waals surface area contributed by atoms with Gasteiger partial charge in [0.05, 0.1) is 12.2 Å². The van der Waals surface area contributed by atoms with Crippen molar-refractivity contribution < 1.29 is 19.7 Å². The van der Waals surface area contributed by atoms with E-state index in [0.717, 1.165) is 12.8 Å². The molecule has 1 rings (SSSR count). The minimum Gasteiger partial charge on any atom is -0.390 e. The Hall–Kier alpha value is -0.450. The van der Waals surface area contributed by atoms with Crippen LogP contribution in [0.2, 0.25) is 0 Å². The summed E-state index contributed by atoms with van der Waals surface area (Å²) in [6.07, 6.45) is -0.132. The van der Waals surface area contributed by atoms with Crippen LogP contribution in [0, 0.1) is 0 Å². The van der Waals surface area contributed by atoms with E-state index in [1.165, 1.54) is 0 Å². The van der Waals surface area contributed by atoms with E-state index in [0.29, 0.717) is 12.7 Å². The fourth-order valence-electron chi connectivity index (χ4n) is 1.61. The lowest BCUT2D eigenvalue weighted by atomic mass is 9.96. The minimum atomic E-state index is -1.06. The van der Waals surface area contributed by atoms with Crippen LogP contribution < -0.4 is 0 Å². The lowest BCUT2D eigenvalue weighted by molar-refractivity contribution is -0.171. The van der Waals surface area contributed by atoms with Gasteiger partial charge in [-0.25, -0.2) is 0 Å². The van der Waals surface area contributed by atoms with Gasteiger partial charge in [0.1, 0.15) is 12.2 Å². The highest BCUT2D eigenvalue weighted by atomic mass is 16.5. The summed E-state index contributed by atoms with van der Waals surface area (Å²) in [5, 5.41) is 18.7. The Labute approximate surface area is 77.5 Å². The molecule has 0 aromatic carbocycles. The van der Waals surface area contributed by atoms with Crippen molar-refractivity contribution in [3.8, 4) is 0 Å². The van der Waals surface area contributed by atoms with Gasteiger partial charge < -0.3 is 19.7 Å². The second-order valence-corrected chi connectivity index (χ2v) is 3.44. The zero-order valence-corrected chi connectivity index (χ0v) is 7.72. The van der Waals surface area contributed by atoms with E-state index >= 15 is 0 Å². The highest BCUT2D eigenvalue weighted by molar-refractivity contribution is 5.57. The predicted octanol–water partition coefficient (Wildman–Crippen LogP) is -0.135. The number of aliphatic hydroxyl groups excluding tert-OH is 2. The molecule has 4 atom stereocenters. The van der Waals surface area contributed by atoms with Crippen molar-refractivity contribution in [1.29, 1.82) is 0 Å². The number of aliphatic hydroxyl groups is 2. The van der Waals surface area contributed by atoms with Crippen molar-refractivity contribution in [2.45, 2.75) is 50.6 Å². The van der Waals surface area contributed by atoms with E-state index in [1.807, 2.05) is 6.92 Å². The lowest BCUT2D eigenvalue weighted by Gasteiger charge is -2.34. The highest BCUT2D eigenvalue weighted by Crippen LogP contribution is 2.22. The number of carbonyl (C=O) groups excluding carboxylic acids is 1. The number of ether oxygens (including phenoxy) is 1. The van der Waals surface area contributed by atoms with Crippen molar-refractivity contribution in [1.82, 2.24) is 0 Å². The van der Waals surface area contributed by atoms with Crippen LogP contribution in [0.5, 0.6) is 0 Å². The van der Waals surface area contributed by atoms with Gasteiger partial charge in [-0.3, -0.25) is 0 Å². The van der Waals surface area contributed by atoms with E-state index in [-0.39, 0.29) is 6.10 Å². The van der Waals surface area contributed by atoms with Crippen LogP contribution in [0.25, 0.3) is 0 Å². The standard InChI is InChI=1S/C9H16O4/c1-2-3-6-4-7(11)9(12)8(5-10)13-6/h5-9,11-12H,2-4H2,1H3. The van der Waals surface area contributed by atoms with E-state index in [1.54, 1.807) is 0 Å². The van der Waals surface area contributed by atoms with E-state index in [9.17, 15) is 15.0 Å². The van der Waals surface area contributed by atoms with Crippen LogP contribution >= 0.6 is 0 Å². The summed E-state index contributed by atoms with van der Waals surface area (Å²) in [4.78, 5) is 10.5. The first-order valence-corrected chi connectivity index (χ1v) is 4.66. The summed E-state index contributed by atoms with van der Waals surface area (Å²) < 4.78 is 5.28. The molecule has 2 N–H and O–H groups in total. The predicted molar refractivity (Wildman–Crippen MR) is 46.3 cm³/mol. The second-order valence-electron chi connectivity index (χ2n) is 3.44. The molecule has 13 heavy (non-hydrogen) atoms. The Balaban J connectivity index is 2.52. The van der Waals surface area contributed by atoms with Gasteiger partial charge in [-0.15, -0.1) is 0 Å². The molecule has 4 unspecified atom stereocenters. The van der Waals surface area contributed by atoms with Gasteiger partial charge in [0.15, 0.2) is 6.29 Å². The topological polar surface area (TPSA) is 66.8 Å². The van der Waals surface area contributed by atoms with Crippen molar-refractivity contribution in [3.05, 3.63) is 0 Å². The van der Waals surface area contributed by atoms with Crippen LogP contribution in [-0.2, 0) is 9.53 Å². The average molecular weight is 188 g/mol. The first kappa shape index (κ1) is 10.6. The molecule has 4 nitrogen and oxygen atoms in total. The molecule has 0 bridgehead atoms. The van der Waals surface area contributed by atoms with Crippen LogP contribution in [0.15, 0.2) is 0 Å². The largest absolute Gasteiger partial charge is 0.390 e. The molecule has 1 fully saturated rings. The fourth-order valence-corrected chi connectivity index (χ4v) is 1.61. The Morgan fingerprint density at radius 1 is 1.54 bits per heavy atom. The second kappa shape index (κ2) is 4.69. The molecule has 0 aromatic heterocycles. The number of hydrogen-bond acceptors (Lipinski definition) is 4. The van der Waals surface area contributed by atoms with E-state index in [2.05, 4.69) is 0 Å². The maximum absolute atomic E-state index is 10.5. The average Bonchev–Trinajstić information content (AvgIpc) is 2.11. The van der Waals surface area contributed by atoms with Gasteiger partial charge in [-0.1, -0.05) is 13.3 Å². The monoisotopic (exact) mass is 188 g/mol. The Bertz CT molecular complexity index is 171. The Morgan fingerprint density at radius 2 is 2.23 bits per heavy atom. The lowest BCUT2D eigenvalue weighted by Crippen LogP contribution is -2.48. The van der Waals surface area contributed by atoms with Crippen LogP contribution in [0.3, 0.4) is 0 Å². The molecular weight excluding hydrogens is 172 g/mol. The van der Waals surface area contributed by atoms with Gasteiger partial charge in [0.2, 0.25) is 0 Å². The first-order chi connectivity index (χ1) is 6.19. The van der Waals surface area contributed by atoms with Gasteiger partial charge in [-0.2, -0.15) is 0 Å². The van der Waals surface area contributed by atoms with Gasteiger partial charge in [-0.05, 0) is 6.42 Å². The number of hydrogen-bond donors (Lipinski definition) is 2. The molecule has 0 amide bonds. The molecule has 4 heteroatoms. The summed E-state index contributed by atoms with van der Waals surface area (Å²) in [5.74, 6) is 0. The molecule has 1 aliphatic rings. The van der Waals surface area contributed by atoms with Crippen molar-refractivity contribution in [2.24, 2.45) is 0 Å². The molecule has 1 heterocycles. The quantitative estimate of drug-likeness (QED) is 0.605. The van der Waals surface area contributed by atoms with Crippen LogP contribution in [0.4, 0.5) is 0 Å². The summed E-state index contributed by atoms with van der Waals surface area (Å²) in [5.41, 5.74) is 0. The van der Waals surface area contributed by atoms with Crippen molar-refractivity contribution in [2.75, 3.05) is 0 Å². The molecule has 0 radical (unpaired) electrons. The zero-order chi connectivity index (χ0) is 9.84. The van der Waals surface area contributed by atoms with E-state index < -0.39 is 18.3 Å². The summed E-state index contributed by atoms with van der Waals surface area (Å²) in [6, 6.07) is 0. The molecule has 0 spiro atoms. The summed E-state index contributed by atoms with van der Waals surface area (Å²) in [7, 11) is 0. The summed E-state index contributed by atoms with van der Waals surface area (Å²) in [6.45, 7) is 2.01. The highest BCUT2D eigenvalue weighted by Gasteiger charge is 2.35. The third-order valence-corrected chi connectivity index (χ3v) is 2.33. The van der Waals surface area contributed by atoms with Gasteiger partial charge in [0.25, 0.3) is 0 Å². The van der Waals surface area contributed by atoms with Gasteiger partial charge in [0, 0.05) is 6.42 Å². The molecule has 76 valence electrons. The molecule has 1 saturated heterocycles. The van der Waals surface area contributed by atoms with Crippen LogP contribution in [0.1, 0.15) is 26.2 Å². The van der Waals surface area contributed by atoms with Crippen LogP contribution in [-0.4, -0.2) is 40.9 Å². The molecule has 0 aromatic rings. The molecule has 0 aliphatic carbocycles. The van der Waals surface area contributed by atoms with Crippen molar-refractivity contribution >= 4 is 6.29 Å². The number of rotatable bonds is 3. The number of aldehydes is 1.